The molecule has 0 aromatic carbocycles. The van der Waals surface area contributed by atoms with Crippen LogP contribution < -0.4 is 10.2 Å². The highest BCUT2D eigenvalue weighted by Crippen LogP contribution is 2.24. The van der Waals surface area contributed by atoms with E-state index in [0.29, 0.717) is 5.92 Å². The number of rotatable bonds is 6. The van der Waals surface area contributed by atoms with Gasteiger partial charge in [-0.1, -0.05) is 20.8 Å². The normalized spacial score (nSPS) is 17.3. The summed E-state index contributed by atoms with van der Waals surface area (Å²) in [6, 6.07) is 0.231. The van der Waals surface area contributed by atoms with Crippen LogP contribution in [0.1, 0.15) is 40.5 Å². The van der Waals surface area contributed by atoms with Gasteiger partial charge in [-0.3, -0.25) is 9.78 Å². The lowest BCUT2D eigenvalue weighted by molar-refractivity contribution is -0.126. The van der Waals surface area contributed by atoms with Crippen LogP contribution >= 0.6 is 11.8 Å². The maximum Gasteiger partial charge on any atom is 0.223 e. The number of carbonyl (C=O) groups excluding carboxylic acids is 1. The quantitative estimate of drug-likeness (QED) is 0.809. The van der Waals surface area contributed by atoms with Crippen LogP contribution in [0, 0.1) is 11.8 Å². The van der Waals surface area contributed by atoms with Gasteiger partial charge in [0.15, 0.2) is 0 Å². The summed E-state index contributed by atoms with van der Waals surface area (Å²) in [4.78, 5) is 23.5. The van der Waals surface area contributed by atoms with Crippen LogP contribution in [-0.2, 0) is 4.79 Å². The van der Waals surface area contributed by atoms with Crippen molar-refractivity contribution in [3.8, 4) is 0 Å². The zero-order chi connectivity index (χ0) is 16.8. The summed E-state index contributed by atoms with van der Waals surface area (Å²) in [5, 5.41) is 4.11. The molecule has 0 aliphatic carbocycles. The number of hydrogen-bond acceptors (Lipinski definition) is 5. The highest BCUT2D eigenvalue weighted by Gasteiger charge is 2.27. The first kappa shape index (κ1) is 18.0. The Hall–Kier alpha value is -1.30. The van der Waals surface area contributed by atoms with Gasteiger partial charge in [-0.15, -0.1) is 11.8 Å². The molecule has 0 radical (unpaired) electrons. The van der Waals surface area contributed by atoms with Crippen molar-refractivity contribution in [2.24, 2.45) is 11.8 Å². The molecule has 2 rings (SSSR count). The number of nitrogens with zero attached hydrogens (tertiary/aromatic N) is 3. The molecule has 1 aliphatic rings. The Morgan fingerprint density at radius 1 is 1.35 bits per heavy atom. The van der Waals surface area contributed by atoms with E-state index in [2.05, 4.69) is 47.9 Å². The van der Waals surface area contributed by atoms with E-state index in [1.807, 2.05) is 12.4 Å². The van der Waals surface area contributed by atoms with E-state index in [4.69, 9.17) is 0 Å². The third-order valence-electron chi connectivity index (χ3n) is 4.45. The van der Waals surface area contributed by atoms with E-state index >= 15 is 0 Å². The fourth-order valence-corrected chi connectivity index (χ4v) is 3.18. The van der Waals surface area contributed by atoms with Crippen molar-refractivity contribution in [3.05, 3.63) is 12.4 Å². The summed E-state index contributed by atoms with van der Waals surface area (Å²) in [6.45, 7) is 10.2. The van der Waals surface area contributed by atoms with Crippen LogP contribution in [0.15, 0.2) is 17.4 Å². The highest BCUT2D eigenvalue weighted by atomic mass is 32.2. The molecule has 5 nitrogen and oxygen atoms in total. The van der Waals surface area contributed by atoms with Crippen molar-refractivity contribution in [1.29, 1.82) is 0 Å². The molecular weight excluding hydrogens is 308 g/mol. The third-order valence-corrected chi connectivity index (χ3v) is 5.23. The number of hydrogen-bond donors (Lipinski definition) is 1. The van der Waals surface area contributed by atoms with Crippen molar-refractivity contribution in [2.45, 2.75) is 51.6 Å². The topological polar surface area (TPSA) is 58.1 Å². The average Bonchev–Trinajstić information content (AvgIpc) is 2.55. The van der Waals surface area contributed by atoms with Gasteiger partial charge in [0.2, 0.25) is 5.91 Å². The SMILES string of the molecule is CCSc1cncc(N2CCC(C(=O)NC(C)C(C)C)CC2)n1. The number of piperidine rings is 1. The zero-order valence-corrected chi connectivity index (χ0v) is 15.4. The predicted molar refractivity (Wildman–Crippen MR) is 95.8 cm³/mol. The first-order valence-electron chi connectivity index (χ1n) is 8.51. The Balaban J connectivity index is 1.88. The number of nitrogens with one attached hydrogen (secondary N) is 1. The van der Waals surface area contributed by atoms with E-state index in [-0.39, 0.29) is 17.9 Å². The number of aromatic nitrogens is 2. The Bertz CT molecular complexity index is 515. The van der Waals surface area contributed by atoms with E-state index in [0.717, 1.165) is 42.5 Å². The first-order valence-corrected chi connectivity index (χ1v) is 9.50. The van der Waals surface area contributed by atoms with E-state index in [1.165, 1.54) is 0 Å². The Morgan fingerprint density at radius 2 is 2.04 bits per heavy atom. The second kappa shape index (κ2) is 8.52. The van der Waals surface area contributed by atoms with E-state index in [1.54, 1.807) is 11.8 Å². The molecule has 23 heavy (non-hydrogen) atoms. The Labute approximate surface area is 143 Å². The molecule has 128 valence electrons. The Morgan fingerprint density at radius 3 is 2.65 bits per heavy atom. The third kappa shape index (κ3) is 5.09. The van der Waals surface area contributed by atoms with Crippen molar-refractivity contribution >= 4 is 23.5 Å². The summed E-state index contributed by atoms with van der Waals surface area (Å²) >= 11 is 1.70. The second-order valence-corrected chi connectivity index (χ2v) is 7.74. The highest BCUT2D eigenvalue weighted by molar-refractivity contribution is 7.99. The van der Waals surface area contributed by atoms with E-state index in [9.17, 15) is 4.79 Å². The second-order valence-electron chi connectivity index (χ2n) is 6.45. The van der Waals surface area contributed by atoms with Gasteiger partial charge >= 0.3 is 0 Å². The van der Waals surface area contributed by atoms with Crippen molar-refractivity contribution < 1.29 is 4.79 Å². The van der Waals surface area contributed by atoms with Gasteiger partial charge in [-0.2, -0.15) is 0 Å². The molecular formula is C17H28N4OS. The van der Waals surface area contributed by atoms with Gasteiger partial charge in [0.25, 0.3) is 0 Å². The molecule has 0 bridgehead atoms. The van der Waals surface area contributed by atoms with Gasteiger partial charge in [-0.05, 0) is 31.4 Å². The van der Waals surface area contributed by atoms with Gasteiger partial charge in [0, 0.05) is 25.0 Å². The standard InChI is InChI=1S/C17H28N4OS/c1-5-23-16-11-18-10-15(20-16)21-8-6-14(7-9-21)17(22)19-13(4)12(2)3/h10-14H,5-9H2,1-4H3,(H,19,22). The summed E-state index contributed by atoms with van der Waals surface area (Å²) in [7, 11) is 0. The summed E-state index contributed by atoms with van der Waals surface area (Å²) < 4.78 is 0. The number of carbonyl (C=O) groups is 1. The Kier molecular flexibility index (Phi) is 6.69. The minimum absolute atomic E-state index is 0.119. The summed E-state index contributed by atoms with van der Waals surface area (Å²) in [5.74, 6) is 2.71. The van der Waals surface area contributed by atoms with Crippen LogP contribution in [0.5, 0.6) is 0 Å². The van der Waals surface area contributed by atoms with Gasteiger partial charge in [-0.25, -0.2) is 4.98 Å². The van der Waals surface area contributed by atoms with E-state index < -0.39 is 0 Å². The molecule has 0 spiro atoms. The number of anilines is 1. The van der Waals surface area contributed by atoms with Crippen LogP contribution in [0.25, 0.3) is 0 Å². The predicted octanol–water partition coefficient (Wildman–Crippen LogP) is 2.97. The monoisotopic (exact) mass is 336 g/mol. The molecule has 1 unspecified atom stereocenters. The lowest BCUT2D eigenvalue weighted by atomic mass is 9.95. The molecule has 1 aromatic heterocycles. The van der Waals surface area contributed by atoms with Crippen molar-refractivity contribution in [3.63, 3.8) is 0 Å². The molecule has 1 atom stereocenters. The minimum Gasteiger partial charge on any atom is -0.355 e. The van der Waals surface area contributed by atoms with Gasteiger partial charge < -0.3 is 10.2 Å². The summed E-state index contributed by atoms with van der Waals surface area (Å²) in [5.41, 5.74) is 0. The minimum atomic E-state index is 0.119. The molecule has 1 amide bonds. The molecule has 1 aromatic rings. The van der Waals surface area contributed by atoms with Crippen LogP contribution in [0.4, 0.5) is 5.82 Å². The van der Waals surface area contributed by atoms with Crippen LogP contribution in [-0.4, -0.2) is 40.8 Å². The molecule has 6 heteroatoms. The van der Waals surface area contributed by atoms with Gasteiger partial charge in [0.1, 0.15) is 10.8 Å². The molecule has 1 fully saturated rings. The molecule has 2 heterocycles. The lowest BCUT2D eigenvalue weighted by Gasteiger charge is -2.32. The summed E-state index contributed by atoms with van der Waals surface area (Å²) in [6.07, 6.45) is 5.39. The zero-order valence-electron chi connectivity index (χ0n) is 14.6. The van der Waals surface area contributed by atoms with Crippen molar-refractivity contribution in [2.75, 3.05) is 23.7 Å². The fraction of sp³-hybridized carbons (Fsp3) is 0.706. The number of thioether (sulfide) groups is 1. The smallest absolute Gasteiger partial charge is 0.223 e. The molecule has 1 N–H and O–H groups in total. The first-order chi connectivity index (χ1) is 11.0. The fourth-order valence-electron chi connectivity index (χ4n) is 2.59. The molecule has 0 saturated carbocycles. The molecule has 1 aliphatic heterocycles. The maximum absolute atomic E-state index is 12.3. The largest absolute Gasteiger partial charge is 0.355 e. The number of amides is 1. The lowest BCUT2D eigenvalue weighted by Crippen LogP contribution is -2.44. The van der Waals surface area contributed by atoms with Crippen LogP contribution in [0.3, 0.4) is 0 Å². The average molecular weight is 337 g/mol. The van der Waals surface area contributed by atoms with Gasteiger partial charge in [0.05, 0.1) is 12.4 Å². The maximum atomic E-state index is 12.3. The van der Waals surface area contributed by atoms with Crippen LogP contribution in [0.2, 0.25) is 0 Å². The van der Waals surface area contributed by atoms with Crippen molar-refractivity contribution in [1.82, 2.24) is 15.3 Å². The molecule has 1 saturated heterocycles.